The number of pyridine rings is 1. The molecule has 1 saturated carbocycles. The Kier molecular flexibility index (Phi) is 4.67. The summed E-state index contributed by atoms with van der Waals surface area (Å²) in [5, 5.41) is 10.6. The third kappa shape index (κ3) is 3.71. The van der Waals surface area contributed by atoms with E-state index in [0.717, 1.165) is 22.5 Å². The molecule has 0 radical (unpaired) electrons. The first kappa shape index (κ1) is 18.0. The van der Waals surface area contributed by atoms with E-state index in [0.29, 0.717) is 12.8 Å². The van der Waals surface area contributed by atoms with Gasteiger partial charge in [0.1, 0.15) is 5.82 Å². The summed E-state index contributed by atoms with van der Waals surface area (Å²) in [5.74, 6) is -0.660. The van der Waals surface area contributed by atoms with E-state index in [1.807, 2.05) is 30.3 Å². The van der Waals surface area contributed by atoms with Gasteiger partial charge in [0.25, 0.3) is 0 Å². The predicted octanol–water partition coefficient (Wildman–Crippen LogP) is 3.16. The number of nitrogens with zero attached hydrogens (tertiary/aromatic N) is 1. The molecule has 3 aromatic rings. The molecule has 0 aliphatic heterocycles. The normalized spacial score (nSPS) is 21.0. The van der Waals surface area contributed by atoms with Crippen molar-refractivity contribution in [2.75, 3.05) is 0 Å². The maximum absolute atomic E-state index is 13.5. The Morgan fingerprint density at radius 1 is 1.11 bits per heavy atom. The third-order valence-corrected chi connectivity index (χ3v) is 6.42. The Morgan fingerprint density at radius 3 is 2.63 bits per heavy atom. The van der Waals surface area contributed by atoms with E-state index < -0.39 is 28.0 Å². The number of rotatable bonds is 5. The molecule has 2 N–H and O–H groups in total. The van der Waals surface area contributed by atoms with E-state index in [1.54, 1.807) is 6.20 Å². The van der Waals surface area contributed by atoms with Gasteiger partial charge in [0, 0.05) is 11.6 Å². The smallest absolute Gasteiger partial charge is 0.241 e. The summed E-state index contributed by atoms with van der Waals surface area (Å²) in [6.45, 7) is 0. The Bertz CT molecular complexity index is 1080. The molecule has 1 atom stereocenters. The van der Waals surface area contributed by atoms with E-state index in [4.69, 9.17) is 0 Å². The van der Waals surface area contributed by atoms with Crippen molar-refractivity contribution < 1.29 is 17.9 Å². The van der Waals surface area contributed by atoms with Gasteiger partial charge in [-0.1, -0.05) is 24.3 Å². The van der Waals surface area contributed by atoms with Crippen molar-refractivity contribution in [2.24, 2.45) is 5.92 Å². The second kappa shape index (κ2) is 6.99. The van der Waals surface area contributed by atoms with Crippen LogP contribution < -0.4 is 4.72 Å². The van der Waals surface area contributed by atoms with E-state index in [-0.39, 0.29) is 10.8 Å². The van der Waals surface area contributed by atoms with Crippen LogP contribution in [0.25, 0.3) is 10.9 Å². The Hall–Kier alpha value is -2.35. The van der Waals surface area contributed by atoms with Crippen molar-refractivity contribution in [2.45, 2.75) is 29.9 Å². The lowest BCUT2D eigenvalue weighted by molar-refractivity contribution is 0.0280. The Morgan fingerprint density at radius 2 is 1.89 bits per heavy atom. The van der Waals surface area contributed by atoms with E-state index in [1.165, 1.54) is 18.2 Å². The summed E-state index contributed by atoms with van der Waals surface area (Å²) < 4.78 is 41.8. The van der Waals surface area contributed by atoms with Crippen LogP contribution >= 0.6 is 0 Å². The number of aliphatic hydroxyl groups is 1. The van der Waals surface area contributed by atoms with Crippen LogP contribution in [0.2, 0.25) is 0 Å². The molecule has 0 unspecified atom stereocenters. The van der Waals surface area contributed by atoms with Gasteiger partial charge in [-0.15, -0.1) is 0 Å². The van der Waals surface area contributed by atoms with Crippen molar-refractivity contribution in [1.29, 1.82) is 0 Å². The van der Waals surface area contributed by atoms with Gasteiger partial charge in [0.05, 0.1) is 22.6 Å². The molecular weight excluding hydrogens is 367 g/mol. The van der Waals surface area contributed by atoms with Gasteiger partial charge in [0.2, 0.25) is 10.0 Å². The molecule has 2 aromatic carbocycles. The summed E-state index contributed by atoms with van der Waals surface area (Å²) in [4.78, 5) is 4.30. The molecule has 5 nitrogen and oxygen atoms in total. The van der Waals surface area contributed by atoms with Crippen molar-refractivity contribution in [3.8, 4) is 0 Å². The quantitative estimate of drug-likeness (QED) is 0.706. The lowest BCUT2D eigenvalue weighted by Crippen LogP contribution is -2.41. The average molecular weight is 386 g/mol. The van der Waals surface area contributed by atoms with Crippen LogP contribution in [0.3, 0.4) is 0 Å². The molecule has 1 aliphatic rings. The zero-order valence-corrected chi connectivity index (χ0v) is 15.2. The molecule has 0 amide bonds. The Balaban J connectivity index is 1.70. The minimum Gasteiger partial charge on any atom is -0.393 e. The highest BCUT2D eigenvalue weighted by Crippen LogP contribution is 2.39. The number of halogens is 1. The number of hydrogen-bond acceptors (Lipinski definition) is 4. The number of benzene rings is 2. The zero-order chi connectivity index (χ0) is 19.0. The van der Waals surface area contributed by atoms with Crippen LogP contribution in [0.5, 0.6) is 0 Å². The number of nitrogens with one attached hydrogen (secondary N) is 1. The van der Waals surface area contributed by atoms with Gasteiger partial charge in [0.15, 0.2) is 0 Å². The van der Waals surface area contributed by atoms with Crippen molar-refractivity contribution in [3.05, 3.63) is 72.2 Å². The van der Waals surface area contributed by atoms with Crippen molar-refractivity contribution in [3.63, 3.8) is 0 Å². The fourth-order valence-corrected chi connectivity index (χ4v) is 4.79. The summed E-state index contributed by atoms with van der Waals surface area (Å²) in [5.41, 5.74) is 1.55. The average Bonchev–Trinajstić information content (AvgIpc) is 2.63. The van der Waals surface area contributed by atoms with Gasteiger partial charge in [-0.05, 0) is 54.7 Å². The molecule has 0 saturated heterocycles. The number of aromatic nitrogens is 1. The standard InChI is InChI=1S/C20H19FN2O3S/c21-16-5-3-6-18(11-16)27(25,26)23-20(14-9-17(24)10-14)15-8-13-4-1-2-7-19(13)22-12-15/h1-8,11-12,14,17,20,23-24H,9-10H2/t14?,17?,20-/m0/s1. The minimum atomic E-state index is -3.92. The Labute approximate surface area is 156 Å². The topological polar surface area (TPSA) is 79.3 Å². The second-order valence-corrected chi connectivity index (χ2v) is 8.62. The van der Waals surface area contributed by atoms with E-state index >= 15 is 0 Å². The molecule has 7 heteroatoms. The lowest BCUT2D eigenvalue weighted by Gasteiger charge is -2.38. The maximum Gasteiger partial charge on any atom is 0.241 e. The summed E-state index contributed by atoms with van der Waals surface area (Å²) in [6.07, 6.45) is 2.24. The fourth-order valence-electron chi connectivity index (χ4n) is 3.47. The highest BCUT2D eigenvalue weighted by atomic mass is 32.2. The highest BCUT2D eigenvalue weighted by Gasteiger charge is 2.37. The van der Waals surface area contributed by atoms with Gasteiger partial charge in [-0.25, -0.2) is 17.5 Å². The summed E-state index contributed by atoms with van der Waals surface area (Å²) in [7, 11) is -3.92. The molecule has 4 rings (SSSR count). The molecule has 1 fully saturated rings. The number of aliphatic hydroxyl groups excluding tert-OH is 1. The summed E-state index contributed by atoms with van der Waals surface area (Å²) >= 11 is 0. The molecule has 1 heterocycles. The molecule has 0 spiro atoms. The van der Waals surface area contributed by atoms with Gasteiger partial charge < -0.3 is 5.11 Å². The largest absolute Gasteiger partial charge is 0.393 e. The van der Waals surface area contributed by atoms with Gasteiger partial charge in [-0.3, -0.25) is 4.98 Å². The van der Waals surface area contributed by atoms with Crippen LogP contribution in [-0.4, -0.2) is 24.6 Å². The fraction of sp³-hybridized carbons (Fsp3) is 0.250. The van der Waals surface area contributed by atoms with Crippen LogP contribution in [0.4, 0.5) is 4.39 Å². The second-order valence-electron chi connectivity index (χ2n) is 6.90. The molecule has 1 aliphatic carbocycles. The first-order chi connectivity index (χ1) is 12.9. The molecular formula is C20H19FN2O3S. The monoisotopic (exact) mass is 386 g/mol. The van der Waals surface area contributed by atoms with Crippen molar-refractivity contribution in [1.82, 2.24) is 9.71 Å². The van der Waals surface area contributed by atoms with E-state index in [2.05, 4.69) is 9.71 Å². The van der Waals surface area contributed by atoms with Crippen LogP contribution in [0.15, 0.2) is 65.7 Å². The third-order valence-electron chi connectivity index (χ3n) is 4.98. The molecule has 27 heavy (non-hydrogen) atoms. The lowest BCUT2D eigenvalue weighted by atomic mass is 9.75. The minimum absolute atomic E-state index is 0.0497. The predicted molar refractivity (Wildman–Crippen MR) is 99.9 cm³/mol. The van der Waals surface area contributed by atoms with Crippen LogP contribution in [0.1, 0.15) is 24.4 Å². The summed E-state index contributed by atoms with van der Waals surface area (Å²) in [6, 6.07) is 13.9. The number of para-hydroxylation sites is 1. The van der Waals surface area contributed by atoms with E-state index in [9.17, 15) is 17.9 Å². The van der Waals surface area contributed by atoms with Crippen LogP contribution in [0, 0.1) is 11.7 Å². The van der Waals surface area contributed by atoms with Gasteiger partial charge in [-0.2, -0.15) is 0 Å². The molecule has 140 valence electrons. The van der Waals surface area contributed by atoms with Gasteiger partial charge >= 0.3 is 0 Å². The SMILES string of the molecule is O=S(=O)(N[C@H](c1cnc2ccccc2c1)C1CC(O)C1)c1cccc(F)c1. The first-order valence-corrected chi connectivity index (χ1v) is 10.2. The number of sulfonamides is 1. The highest BCUT2D eigenvalue weighted by molar-refractivity contribution is 7.89. The molecule has 1 aromatic heterocycles. The van der Waals surface area contributed by atoms with Crippen LogP contribution in [-0.2, 0) is 10.0 Å². The van der Waals surface area contributed by atoms with Crippen molar-refractivity contribution >= 4 is 20.9 Å². The molecule has 0 bridgehead atoms. The zero-order valence-electron chi connectivity index (χ0n) is 14.4. The number of hydrogen-bond donors (Lipinski definition) is 2. The number of fused-ring (bicyclic) bond motifs is 1. The maximum atomic E-state index is 13.5. The first-order valence-electron chi connectivity index (χ1n) is 8.73.